The Bertz CT molecular complexity index is 1120. The van der Waals surface area contributed by atoms with Crippen molar-refractivity contribution < 1.29 is 4.42 Å². The van der Waals surface area contributed by atoms with Gasteiger partial charge in [-0.3, -0.25) is 9.69 Å². The zero-order valence-corrected chi connectivity index (χ0v) is 15.8. The summed E-state index contributed by atoms with van der Waals surface area (Å²) in [6.45, 7) is 2.96. The Morgan fingerprint density at radius 1 is 1.19 bits per heavy atom. The summed E-state index contributed by atoms with van der Waals surface area (Å²) >= 11 is 1.44. The van der Waals surface area contributed by atoms with Gasteiger partial charge in [-0.15, -0.1) is 10.2 Å². The van der Waals surface area contributed by atoms with E-state index in [9.17, 15) is 4.79 Å². The topological polar surface area (TPSA) is 89.4 Å². The minimum atomic E-state index is -0.163. The van der Waals surface area contributed by atoms with Crippen LogP contribution in [0.15, 0.2) is 45.6 Å². The Kier molecular flexibility index (Phi) is 4.78. The zero-order chi connectivity index (χ0) is 18.8. The fourth-order valence-electron chi connectivity index (χ4n) is 2.70. The van der Waals surface area contributed by atoms with E-state index in [1.54, 1.807) is 0 Å². The molecule has 0 aliphatic heterocycles. The molecule has 0 atom stereocenters. The molecule has 0 spiro atoms. The van der Waals surface area contributed by atoms with E-state index in [-0.39, 0.29) is 5.56 Å². The lowest BCUT2D eigenvalue weighted by Gasteiger charge is -2.13. The molecule has 138 valence electrons. The van der Waals surface area contributed by atoms with E-state index in [4.69, 9.17) is 4.42 Å². The first kappa shape index (κ1) is 17.5. The van der Waals surface area contributed by atoms with Crippen LogP contribution in [0.25, 0.3) is 16.4 Å². The van der Waals surface area contributed by atoms with E-state index >= 15 is 0 Å². The van der Waals surface area contributed by atoms with Gasteiger partial charge in [-0.05, 0) is 25.6 Å². The summed E-state index contributed by atoms with van der Waals surface area (Å²) in [6, 6.07) is 11.2. The van der Waals surface area contributed by atoms with Crippen molar-refractivity contribution in [2.45, 2.75) is 26.4 Å². The molecule has 8 nitrogen and oxygen atoms in total. The molecule has 4 rings (SSSR count). The zero-order valence-electron chi connectivity index (χ0n) is 15.0. The van der Waals surface area contributed by atoms with Crippen LogP contribution in [0.1, 0.15) is 23.5 Å². The van der Waals surface area contributed by atoms with Gasteiger partial charge in [0.1, 0.15) is 5.01 Å². The minimum absolute atomic E-state index is 0.163. The van der Waals surface area contributed by atoms with Crippen LogP contribution in [0.2, 0.25) is 0 Å². The van der Waals surface area contributed by atoms with Gasteiger partial charge in [0.15, 0.2) is 0 Å². The monoisotopic (exact) mass is 382 g/mol. The summed E-state index contributed by atoms with van der Waals surface area (Å²) in [5.74, 6) is 1.01. The molecule has 0 N–H and O–H groups in total. The van der Waals surface area contributed by atoms with Crippen LogP contribution in [-0.2, 0) is 19.5 Å². The molecule has 4 aromatic rings. The van der Waals surface area contributed by atoms with Crippen LogP contribution in [0.5, 0.6) is 0 Å². The highest BCUT2D eigenvalue weighted by Gasteiger charge is 2.13. The third-order valence-electron chi connectivity index (χ3n) is 3.97. The van der Waals surface area contributed by atoms with Crippen LogP contribution in [-0.4, -0.2) is 36.7 Å². The van der Waals surface area contributed by atoms with Crippen molar-refractivity contribution in [1.29, 1.82) is 0 Å². The highest BCUT2D eigenvalue weighted by molar-refractivity contribution is 7.16. The van der Waals surface area contributed by atoms with Crippen LogP contribution in [0.4, 0.5) is 0 Å². The summed E-state index contributed by atoms with van der Waals surface area (Å²) in [6.07, 6.45) is 0.781. The molecular formula is C18H18N6O2S. The fourth-order valence-corrected chi connectivity index (χ4v) is 3.56. The summed E-state index contributed by atoms with van der Waals surface area (Å²) < 4.78 is 7.09. The molecule has 27 heavy (non-hydrogen) atoms. The van der Waals surface area contributed by atoms with Gasteiger partial charge in [0.05, 0.1) is 12.2 Å². The lowest BCUT2D eigenvalue weighted by Crippen LogP contribution is -2.22. The molecule has 0 amide bonds. The van der Waals surface area contributed by atoms with Crippen molar-refractivity contribution in [3.05, 3.63) is 63.3 Å². The van der Waals surface area contributed by atoms with E-state index in [1.807, 2.05) is 49.2 Å². The molecule has 0 radical (unpaired) electrons. The number of hydrogen-bond donors (Lipinski definition) is 0. The van der Waals surface area contributed by atoms with Gasteiger partial charge in [-0.25, -0.2) is 4.98 Å². The molecule has 1 aromatic carbocycles. The summed E-state index contributed by atoms with van der Waals surface area (Å²) in [5, 5.41) is 13.4. The maximum absolute atomic E-state index is 12.2. The lowest BCUT2D eigenvalue weighted by atomic mass is 10.2. The maximum atomic E-state index is 12.2. The SMILES string of the molecule is CCc1nn2c(=O)cc(CN(C)Cc3nnc(-c4ccccc4)o3)nc2s1. The quantitative estimate of drug-likeness (QED) is 0.506. The molecule has 0 saturated carbocycles. The largest absolute Gasteiger partial charge is 0.419 e. The Morgan fingerprint density at radius 3 is 2.78 bits per heavy atom. The Morgan fingerprint density at radius 2 is 2.00 bits per heavy atom. The van der Waals surface area contributed by atoms with Gasteiger partial charge < -0.3 is 4.42 Å². The van der Waals surface area contributed by atoms with Gasteiger partial charge in [0.25, 0.3) is 5.56 Å². The Hall–Kier alpha value is -2.91. The van der Waals surface area contributed by atoms with Gasteiger partial charge in [0.2, 0.25) is 16.7 Å². The number of benzene rings is 1. The van der Waals surface area contributed by atoms with E-state index in [2.05, 4.69) is 20.3 Å². The van der Waals surface area contributed by atoms with Gasteiger partial charge in [0, 0.05) is 18.2 Å². The average molecular weight is 382 g/mol. The molecule has 0 saturated heterocycles. The van der Waals surface area contributed by atoms with Crippen LogP contribution < -0.4 is 5.56 Å². The fraction of sp³-hybridized carbons (Fsp3) is 0.278. The molecule has 0 bridgehead atoms. The molecule has 0 fully saturated rings. The van der Waals surface area contributed by atoms with Crippen molar-refractivity contribution in [1.82, 2.24) is 29.7 Å². The molecule has 3 heterocycles. The van der Waals surface area contributed by atoms with Crippen LogP contribution in [0, 0.1) is 0 Å². The number of fused-ring (bicyclic) bond motifs is 1. The number of hydrogen-bond acceptors (Lipinski definition) is 8. The number of rotatable bonds is 6. The summed E-state index contributed by atoms with van der Waals surface area (Å²) in [4.78, 5) is 19.4. The second-order valence-electron chi connectivity index (χ2n) is 6.17. The first-order valence-corrected chi connectivity index (χ1v) is 9.39. The summed E-state index contributed by atoms with van der Waals surface area (Å²) in [5.41, 5.74) is 1.41. The van der Waals surface area contributed by atoms with Crippen LogP contribution >= 0.6 is 11.3 Å². The molecule has 9 heteroatoms. The predicted molar refractivity (Wildman–Crippen MR) is 101 cm³/mol. The third-order valence-corrected chi connectivity index (χ3v) is 5.02. The average Bonchev–Trinajstić information content (AvgIpc) is 3.29. The molecule has 0 aliphatic rings. The second-order valence-corrected chi connectivity index (χ2v) is 7.21. The standard InChI is InChI=1S/C18H18N6O2S/c1-3-15-22-24-16(25)9-13(19-18(24)27-15)10-23(2)11-14-20-21-17(26-14)12-7-5-4-6-8-12/h4-9H,3,10-11H2,1-2H3. The Balaban J connectivity index is 1.48. The van der Waals surface area contributed by atoms with E-state index in [0.717, 1.165) is 17.0 Å². The first-order valence-electron chi connectivity index (χ1n) is 8.57. The molecular weight excluding hydrogens is 364 g/mol. The first-order chi connectivity index (χ1) is 13.1. The smallest absolute Gasteiger partial charge is 0.275 e. The molecule has 0 unspecified atom stereocenters. The summed E-state index contributed by atoms with van der Waals surface area (Å²) in [7, 11) is 1.92. The predicted octanol–water partition coefficient (Wildman–Crippen LogP) is 2.40. The van der Waals surface area contributed by atoms with Gasteiger partial charge >= 0.3 is 0 Å². The minimum Gasteiger partial charge on any atom is -0.419 e. The van der Waals surface area contributed by atoms with E-state index in [0.29, 0.717) is 35.5 Å². The van der Waals surface area contributed by atoms with E-state index in [1.165, 1.54) is 21.9 Å². The molecule has 0 aliphatic carbocycles. The highest BCUT2D eigenvalue weighted by Crippen LogP contribution is 2.18. The van der Waals surface area contributed by atoms with Gasteiger partial charge in [-0.1, -0.05) is 36.5 Å². The van der Waals surface area contributed by atoms with Crippen molar-refractivity contribution in [3.8, 4) is 11.5 Å². The number of nitrogens with zero attached hydrogens (tertiary/aromatic N) is 6. The third kappa shape index (κ3) is 3.79. The van der Waals surface area contributed by atoms with Gasteiger partial charge in [-0.2, -0.15) is 9.61 Å². The number of aromatic nitrogens is 5. The van der Waals surface area contributed by atoms with Crippen LogP contribution in [0.3, 0.4) is 0 Å². The maximum Gasteiger partial charge on any atom is 0.275 e. The lowest BCUT2D eigenvalue weighted by molar-refractivity contribution is 0.280. The van der Waals surface area contributed by atoms with Crippen molar-refractivity contribution >= 4 is 16.3 Å². The van der Waals surface area contributed by atoms with Crippen molar-refractivity contribution in [2.24, 2.45) is 0 Å². The Labute approximate surface area is 159 Å². The molecule has 3 aromatic heterocycles. The highest BCUT2D eigenvalue weighted by atomic mass is 32.1. The van der Waals surface area contributed by atoms with Crippen molar-refractivity contribution in [2.75, 3.05) is 7.05 Å². The normalized spacial score (nSPS) is 11.5. The van der Waals surface area contributed by atoms with E-state index < -0.39 is 0 Å². The number of aryl methyl sites for hydroxylation is 1. The van der Waals surface area contributed by atoms with Crippen molar-refractivity contribution in [3.63, 3.8) is 0 Å². The second kappa shape index (κ2) is 7.37.